The molecule has 1 aromatic carbocycles. The zero-order valence-corrected chi connectivity index (χ0v) is 18.3. The summed E-state index contributed by atoms with van der Waals surface area (Å²) in [4.78, 5) is 36.0. The van der Waals surface area contributed by atoms with E-state index in [1.165, 1.54) is 0 Å². The van der Waals surface area contributed by atoms with Gasteiger partial charge in [-0.25, -0.2) is 4.79 Å². The number of hydrogen-bond donors (Lipinski definition) is 0. The van der Waals surface area contributed by atoms with Crippen LogP contribution >= 0.6 is 0 Å². The van der Waals surface area contributed by atoms with E-state index in [-0.39, 0.29) is 30.9 Å². The maximum absolute atomic E-state index is 12.7. The molecule has 5 nitrogen and oxygen atoms in total. The van der Waals surface area contributed by atoms with Crippen molar-refractivity contribution in [3.63, 3.8) is 0 Å². The van der Waals surface area contributed by atoms with Crippen molar-refractivity contribution in [2.75, 3.05) is 13.2 Å². The van der Waals surface area contributed by atoms with Crippen molar-refractivity contribution in [2.45, 2.75) is 59.8 Å². The highest BCUT2D eigenvalue weighted by Crippen LogP contribution is 2.42. The van der Waals surface area contributed by atoms with E-state index in [4.69, 9.17) is 9.47 Å². The third kappa shape index (κ3) is 7.48. The average Bonchev–Trinajstić information content (AvgIpc) is 2.70. The molecule has 5 heteroatoms. The fourth-order valence-electron chi connectivity index (χ4n) is 3.34. The third-order valence-corrected chi connectivity index (χ3v) is 5.63. The molecule has 0 aliphatic carbocycles. The summed E-state index contributed by atoms with van der Waals surface area (Å²) < 4.78 is 10.2. The molecule has 0 radical (unpaired) electrons. The lowest BCUT2D eigenvalue weighted by Crippen LogP contribution is -2.33. The molecule has 0 bridgehead atoms. The Hall–Kier alpha value is -2.43. The zero-order chi connectivity index (χ0) is 22.1. The number of rotatable bonds is 12. The monoisotopic (exact) mass is 402 g/mol. The second-order valence-electron chi connectivity index (χ2n) is 8.38. The second-order valence-corrected chi connectivity index (χ2v) is 8.38. The van der Waals surface area contributed by atoms with E-state index in [1.54, 1.807) is 6.92 Å². The van der Waals surface area contributed by atoms with Crippen LogP contribution in [0.2, 0.25) is 0 Å². The van der Waals surface area contributed by atoms with Gasteiger partial charge in [0.25, 0.3) is 0 Å². The molecule has 0 saturated carbocycles. The van der Waals surface area contributed by atoms with Crippen LogP contribution in [-0.4, -0.2) is 30.9 Å². The molecule has 0 spiro atoms. The molecule has 0 heterocycles. The lowest BCUT2D eigenvalue weighted by molar-refractivity contribution is -0.158. The lowest BCUT2D eigenvalue weighted by Gasteiger charge is -2.34. The van der Waals surface area contributed by atoms with E-state index in [2.05, 4.69) is 6.58 Å². The smallest absolute Gasteiger partial charge is 0.330 e. The summed E-state index contributed by atoms with van der Waals surface area (Å²) in [6.45, 7) is 12.6. The minimum Gasteiger partial charge on any atom is -0.462 e. The molecule has 0 aromatic heterocycles. The van der Waals surface area contributed by atoms with Crippen molar-refractivity contribution < 1.29 is 23.9 Å². The Labute approximate surface area is 174 Å². The van der Waals surface area contributed by atoms with Crippen molar-refractivity contribution in [2.24, 2.45) is 10.8 Å². The summed E-state index contributed by atoms with van der Waals surface area (Å²) in [6.07, 6.45) is 3.02. The molecule has 29 heavy (non-hydrogen) atoms. The Morgan fingerprint density at radius 1 is 1.03 bits per heavy atom. The van der Waals surface area contributed by atoms with Crippen LogP contribution in [-0.2, 0) is 23.9 Å². The largest absolute Gasteiger partial charge is 0.462 e. The highest BCUT2D eigenvalue weighted by molar-refractivity contribution is 5.82. The van der Waals surface area contributed by atoms with Crippen LogP contribution in [0.1, 0.15) is 65.4 Å². The molecule has 2 atom stereocenters. The molecule has 0 saturated heterocycles. The van der Waals surface area contributed by atoms with E-state index in [1.807, 2.05) is 58.0 Å². The molecule has 160 valence electrons. The summed E-state index contributed by atoms with van der Waals surface area (Å²) in [7, 11) is 0. The average molecular weight is 403 g/mol. The van der Waals surface area contributed by atoms with Gasteiger partial charge in [0, 0.05) is 11.5 Å². The SMILES string of the molecule is C=CC(=O)OCCOC(=O)C(C)(C)CC(CC(C)(CC)C(C)=O)c1ccccc1. The minimum absolute atomic E-state index is 0.00202. The number of hydrogen-bond acceptors (Lipinski definition) is 5. The number of carbonyl (C=O) groups excluding carboxylic acids is 3. The lowest BCUT2D eigenvalue weighted by atomic mass is 9.69. The fraction of sp³-hybridized carbons (Fsp3) is 0.542. The Kier molecular flexibility index (Phi) is 9.28. The van der Waals surface area contributed by atoms with Crippen LogP contribution in [0, 0.1) is 10.8 Å². The zero-order valence-electron chi connectivity index (χ0n) is 18.3. The first-order chi connectivity index (χ1) is 13.6. The maximum Gasteiger partial charge on any atom is 0.330 e. The summed E-state index contributed by atoms with van der Waals surface area (Å²) in [6, 6.07) is 9.97. The van der Waals surface area contributed by atoms with Gasteiger partial charge in [-0.3, -0.25) is 9.59 Å². The van der Waals surface area contributed by atoms with Gasteiger partial charge >= 0.3 is 11.9 Å². The van der Waals surface area contributed by atoms with Gasteiger partial charge in [-0.05, 0) is 51.5 Å². The van der Waals surface area contributed by atoms with Gasteiger partial charge in [0.1, 0.15) is 19.0 Å². The first-order valence-corrected chi connectivity index (χ1v) is 10.1. The van der Waals surface area contributed by atoms with Crippen molar-refractivity contribution in [1.29, 1.82) is 0 Å². The molecule has 0 aliphatic heterocycles. The molecule has 0 amide bonds. The van der Waals surface area contributed by atoms with Crippen molar-refractivity contribution >= 4 is 17.7 Å². The van der Waals surface area contributed by atoms with Gasteiger partial charge in [0.05, 0.1) is 5.41 Å². The molecule has 1 aromatic rings. The Morgan fingerprint density at radius 3 is 2.14 bits per heavy atom. The van der Waals surface area contributed by atoms with Crippen molar-refractivity contribution in [3.05, 3.63) is 48.6 Å². The number of Topliss-reactive ketones (excluding diaryl/α,β-unsaturated/α-hetero) is 1. The number of ketones is 1. The third-order valence-electron chi connectivity index (χ3n) is 5.63. The summed E-state index contributed by atoms with van der Waals surface area (Å²) in [5.74, 6) is -0.710. The topological polar surface area (TPSA) is 69.7 Å². The first kappa shape index (κ1) is 24.6. The molecule has 2 unspecified atom stereocenters. The van der Waals surface area contributed by atoms with E-state index >= 15 is 0 Å². The van der Waals surface area contributed by atoms with Gasteiger partial charge in [-0.15, -0.1) is 0 Å². The molecular formula is C24H34O5. The van der Waals surface area contributed by atoms with Crippen LogP contribution in [0.4, 0.5) is 0 Å². The predicted molar refractivity (Wildman–Crippen MR) is 113 cm³/mol. The number of carbonyl (C=O) groups is 3. The normalized spacial score (nSPS) is 14.4. The van der Waals surface area contributed by atoms with Crippen molar-refractivity contribution in [3.8, 4) is 0 Å². The standard InChI is InChI=1S/C24H34O5/c1-7-21(26)28-14-15-29-22(27)23(4,5)16-20(19-12-10-9-11-13-19)17-24(6,8-2)18(3)25/h7,9-13,20H,1,8,14-17H2,2-6H3. The van der Waals surface area contributed by atoms with Gasteiger partial charge in [-0.1, -0.05) is 50.8 Å². The van der Waals surface area contributed by atoms with Gasteiger partial charge < -0.3 is 9.47 Å². The molecule has 1 rings (SSSR count). The highest BCUT2D eigenvalue weighted by atomic mass is 16.6. The molecule has 0 aliphatic rings. The minimum atomic E-state index is -0.756. The Balaban J connectivity index is 2.90. The quantitative estimate of drug-likeness (QED) is 0.284. The van der Waals surface area contributed by atoms with Gasteiger partial charge in [0.2, 0.25) is 0 Å². The number of esters is 2. The maximum atomic E-state index is 12.7. The van der Waals surface area contributed by atoms with Gasteiger partial charge in [0.15, 0.2) is 0 Å². The van der Waals surface area contributed by atoms with Crippen LogP contribution in [0.3, 0.4) is 0 Å². The number of ether oxygens (including phenoxy) is 2. The Morgan fingerprint density at radius 2 is 1.62 bits per heavy atom. The van der Waals surface area contributed by atoms with Crippen LogP contribution in [0.25, 0.3) is 0 Å². The molecule has 0 fully saturated rings. The van der Waals surface area contributed by atoms with Crippen LogP contribution < -0.4 is 0 Å². The van der Waals surface area contributed by atoms with E-state index in [9.17, 15) is 14.4 Å². The fourth-order valence-corrected chi connectivity index (χ4v) is 3.34. The molecule has 0 N–H and O–H groups in total. The summed E-state index contributed by atoms with van der Waals surface area (Å²) in [5, 5.41) is 0. The molecular weight excluding hydrogens is 368 g/mol. The van der Waals surface area contributed by atoms with Crippen LogP contribution in [0.5, 0.6) is 0 Å². The first-order valence-electron chi connectivity index (χ1n) is 10.1. The van der Waals surface area contributed by atoms with E-state index < -0.39 is 16.8 Å². The van der Waals surface area contributed by atoms with E-state index in [0.29, 0.717) is 12.8 Å². The van der Waals surface area contributed by atoms with E-state index in [0.717, 1.165) is 18.1 Å². The number of benzene rings is 1. The highest BCUT2D eigenvalue weighted by Gasteiger charge is 2.37. The Bertz CT molecular complexity index is 707. The summed E-state index contributed by atoms with van der Waals surface area (Å²) in [5.41, 5.74) is -0.0949. The van der Waals surface area contributed by atoms with Crippen molar-refractivity contribution in [1.82, 2.24) is 0 Å². The predicted octanol–water partition coefficient (Wildman–Crippen LogP) is 4.85. The van der Waals surface area contributed by atoms with Gasteiger partial charge in [-0.2, -0.15) is 0 Å². The summed E-state index contributed by atoms with van der Waals surface area (Å²) >= 11 is 0. The van der Waals surface area contributed by atoms with Crippen LogP contribution in [0.15, 0.2) is 43.0 Å². The second kappa shape index (κ2) is 10.9.